The van der Waals surface area contributed by atoms with Crippen LogP contribution in [0, 0.1) is 0 Å². The number of carboxylic acid groups (broad SMARTS) is 1. The summed E-state index contributed by atoms with van der Waals surface area (Å²) < 4.78 is 0. The van der Waals surface area contributed by atoms with Crippen LogP contribution in [0.5, 0.6) is 5.75 Å². The summed E-state index contributed by atoms with van der Waals surface area (Å²) in [6, 6.07) is 12.2. The average molecular weight is 360 g/mol. The van der Waals surface area contributed by atoms with E-state index in [9.17, 15) is 19.8 Å². The number of aromatic amines is 1. The Bertz CT molecular complexity index is 1180. The van der Waals surface area contributed by atoms with E-state index in [0.29, 0.717) is 22.2 Å². The Morgan fingerprint density at radius 3 is 2.41 bits per heavy atom. The molecule has 2 heterocycles. The summed E-state index contributed by atoms with van der Waals surface area (Å²) in [4.78, 5) is 27.4. The maximum Gasteiger partial charge on any atom is 0.336 e. The molecule has 2 aromatic carbocycles. The number of nitrogens with one attached hydrogen (secondary N) is 1. The minimum atomic E-state index is -1.11. The van der Waals surface area contributed by atoms with Crippen molar-refractivity contribution in [2.45, 2.75) is 0 Å². The first-order valence-corrected chi connectivity index (χ1v) is 7.93. The van der Waals surface area contributed by atoms with E-state index in [2.05, 4.69) is 20.4 Å². The molecule has 4 aromatic rings. The van der Waals surface area contributed by atoms with Gasteiger partial charge >= 0.3 is 5.97 Å². The molecule has 3 N–H and O–H groups in total. The quantitative estimate of drug-likeness (QED) is 0.477. The number of hydrogen-bond acceptors (Lipinski definition) is 6. The number of carboxylic acids is 1. The second kappa shape index (κ2) is 6.34. The number of benzene rings is 2. The van der Waals surface area contributed by atoms with Gasteiger partial charge in [0.2, 0.25) is 0 Å². The van der Waals surface area contributed by atoms with E-state index in [1.165, 1.54) is 36.5 Å². The fraction of sp³-hybridized carbons (Fsp3) is 0. The van der Waals surface area contributed by atoms with Gasteiger partial charge in [0.1, 0.15) is 11.4 Å². The molecule has 0 unspecified atom stereocenters. The van der Waals surface area contributed by atoms with Gasteiger partial charge in [-0.3, -0.25) is 4.79 Å². The number of H-pyrrole nitrogens is 1. The summed E-state index contributed by atoms with van der Waals surface area (Å²) in [6.45, 7) is 0. The molecule has 27 heavy (non-hydrogen) atoms. The van der Waals surface area contributed by atoms with Gasteiger partial charge in [0.25, 0.3) is 0 Å². The number of rotatable bonds is 4. The minimum Gasteiger partial charge on any atom is -0.508 e. The van der Waals surface area contributed by atoms with E-state index in [1.54, 1.807) is 18.2 Å². The van der Waals surface area contributed by atoms with Gasteiger partial charge in [0.05, 0.1) is 16.5 Å². The Morgan fingerprint density at radius 2 is 1.67 bits per heavy atom. The van der Waals surface area contributed by atoms with E-state index in [1.807, 2.05) is 0 Å². The van der Waals surface area contributed by atoms with Crippen LogP contribution in [-0.4, -0.2) is 42.4 Å². The van der Waals surface area contributed by atoms with Crippen LogP contribution in [0.1, 0.15) is 26.3 Å². The molecule has 0 atom stereocenters. The van der Waals surface area contributed by atoms with Gasteiger partial charge in [-0.05, 0) is 35.5 Å². The van der Waals surface area contributed by atoms with Crippen LogP contribution in [0.2, 0.25) is 0 Å². The van der Waals surface area contributed by atoms with Gasteiger partial charge in [0.15, 0.2) is 11.4 Å². The lowest BCUT2D eigenvalue weighted by molar-refractivity contribution is 0.0697. The number of carbonyl (C=O) groups is 2. The van der Waals surface area contributed by atoms with Gasteiger partial charge in [-0.2, -0.15) is 0 Å². The van der Waals surface area contributed by atoms with Crippen LogP contribution in [-0.2, 0) is 0 Å². The SMILES string of the molecule is O=C(O)c1ccccc1-c1nnnc2[nH]cc(C(=O)c3ccc(O)cc3)c12. The monoisotopic (exact) mass is 360 g/mol. The molecule has 0 aliphatic heterocycles. The van der Waals surface area contributed by atoms with Crippen molar-refractivity contribution < 1.29 is 19.8 Å². The maximum absolute atomic E-state index is 12.9. The highest BCUT2D eigenvalue weighted by atomic mass is 16.4. The fourth-order valence-electron chi connectivity index (χ4n) is 2.90. The molecule has 0 bridgehead atoms. The van der Waals surface area contributed by atoms with Crippen molar-refractivity contribution in [1.29, 1.82) is 0 Å². The molecule has 0 radical (unpaired) electrons. The molecule has 132 valence electrons. The summed E-state index contributed by atoms with van der Waals surface area (Å²) >= 11 is 0. The summed E-state index contributed by atoms with van der Waals surface area (Å²) in [5.74, 6) is -1.38. The van der Waals surface area contributed by atoms with Crippen LogP contribution >= 0.6 is 0 Å². The number of hydrogen-bond donors (Lipinski definition) is 3. The van der Waals surface area contributed by atoms with E-state index in [0.717, 1.165) is 0 Å². The summed E-state index contributed by atoms with van der Waals surface area (Å²) in [5, 5.41) is 30.9. The van der Waals surface area contributed by atoms with Crippen molar-refractivity contribution in [3.63, 3.8) is 0 Å². The van der Waals surface area contributed by atoms with E-state index in [-0.39, 0.29) is 28.4 Å². The lowest BCUT2D eigenvalue weighted by atomic mass is 9.98. The first-order chi connectivity index (χ1) is 13.1. The first-order valence-electron chi connectivity index (χ1n) is 7.93. The zero-order valence-corrected chi connectivity index (χ0v) is 13.7. The van der Waals surface area contributed by atoms with Crippen LogP contribution in [0.3, 0.4) is 0 Å². The summed E-state index contributed by atoms with van der Waals surface area (Å²) in [6.07, 6.45) is 1.49. The van der Waals surface area contributed by atoms with E-state index >= 15 is 0 Å². The second-order valence-electron chi connectivity index (χ2n) is 5.79. The number of phenols is 1. The Hall–Kier alpha value is -4.07. The standard InChI is InChI=1S/C19H12N4O4/c24-11-7-5-10(6-8-11)17(25)14-9-20-18-15(14)16(21-23-22-18)12-3-1-2-4-13(12)19(26)27/h1-9,24H,(H,26,27)(H,20,21,22). The average Bonchev–Trinajstić information content (AvgIpc) is 3.12. The van der Waals surface area contributed by atoms with Gasteiger partial charge in [0, 0.05) is 17.3 Å². The highest BCUT2D eigenvalue weighted by Crippen LogP contribution is 2.31. The number of aromatic carboxylic acids is 1. The molecule has 0 saturated carbocycles. The number of fused-ring (bicyclic) bond motifs is 1. The van der Waals surface area contributed by atoms with Crippen molar-refractivity contribution in [2.24, 2.45) is 0 Å². The summed E-state index contributed by atoms with van der Waals surface area (Å²) in [7, 11) is 0. The second-order valence-corrected chi connectivity index (χ2v) is 5.79. The van der Waals surface area contributed by atoms with Gasteiger partial charge < -0.3 is 15.2 Å². The number of ketones is 1. The lowest BCUT2D eigenvalue weighted by Crippen LogP contribution is -2.04. The molecule has 0 amide bonds. The predicted octanol–water partition coefficient (Wildman–Crippen LogP) is 2.65. The Balaban J connectivity index is 1.95. The van der Waals surface area contributed by atoms with E-state index in [4.69, 9.17) is 0 Å². The van der Waals surface area contributed by atoms with Gasteiger partial charge in [-0.25, -0.2) is 4.79 Å². The van der Waals surface area contributed by atoms with Crippen molar-refractivity contribution in [2.75, 3.05) is 0 Å². The molecular formula is C19H12N4O4. The first kappa shape index (κ1) is 16.4. The topological polar surface area (TPSA) is 129 Å². The van der Waals surface area contributed by atoms with Gasteiger partial charge in [-0.15, -0.1) is 10.2 Å². The number of phenolic OH excluding ortho intramolecular Hbond substituents is 1. The normalized spacial score (nSPS) is 10.8. The third-order valence-corrected chi connectivity index (χ3v) is 4.17. The number of nitrogens with zero attached hydrogens (tertiary/aromatic N) is 3. The van der Waals surface area contributed by atoms with Crippen molar-refractivity contribution >= 4 is 22.8 Å². The number of aromatic nitrogens is 4. The third kappa shape index (κ3) is 2.78. The Labute approximate surface area is 152 Å². The largest absolute Gasteiger partial charge is 0.508 e. The molecule has 0 spiro atoms. The van der Waals surface area contributed by atoms with Crippen LogP contribution in [0.15, 0.2) is 54.7 Å². The highest BCUT2D eigenvalue weighted by molar-refractivity contribution is 6.18. The predicted molar refractivity (Wildman–Crippen MR) is 95.6 cm³/mol. The number of aromatic hydroxyl groups is 1. The summed E-state index contributed by atoms with van der Waals surface area (Å²) in [5.41, 5.74) is 1.60. The molecule has 8 heteroatoms. The smallest absolute Gasteiger partial charge is 0.336 e. The molecule has 0 aliphatic carbocycles. The van der Waals surface area contributed by atoms with Crippen LogP contribution in [0.25, 0.3) is 22.3 Å². The molecule has 0 fully saturated rings. The number of carbonyl (C=O) groups excluding carboxylic acids is 1. The van der Waals surface area contributed by atoms with Crippen LogP contribution in [0.4, 0.5) is 0 Å². The Kier molecular flexibility index (Phi) is 3.85. The van der Waals surface area contributed by atoms with Gasteiger partial charge in [-0.1, -0.05) is 18.2 Å². The molecule has 0 saturated heterocycles. The third-order valence-electron chi connectivity index (χ3n) is 4.17. The fourth-order valence-corrected chi connectivity index (χ4v) is 2.90. The molecule has 2 aromatic heterocycles. The van der Waals surface area contributed by atoms with Crippen LogP contribution < -0.4 is 0 Å². The van der Waals surface area contributed by atoms with Crippen molar-refractivity contribution in [3.05, 3.63) is 71.4 Å². The maximum atomic E-state index is 12.9. The molecule has 4 rings (SSSR count). The lowest BCUT2D eigenvalue weighted by Gasteiger charge is -2.07. The van der Waals surface area contributed by atoms with E-state index < -0.39 is 5.97 Å². The minimum absolute atomic E-state index is 0.0449. The molecular weight excluding hydrogens is 348 g/mol. The Morgan fingerprint density at radius 1 is 0.926 bits per heavy atom. The van der Waals surface area contributed by atoms with Crippen molar-refractivity contribution in [1.82, 2.24) is 20.4 Å². The zero-order chi connectivity index (χ0) is 19.0. The zero-order valence-electron chi connectivity index (χ0n) is 13.7. The molecule has 0 aliphatic rings. The van der Waals surface area contributed by atoms with Crippen molar-refractivity contribution in [3.8, 4) is 17.0 Å². The highest BCUT2D eigenvalue weighted by Gasteiger charge is 2.22. The molecule has 8 nitrogen and oxygen atoms in total.